The molecule has 4 nitrogen and oxygen atoms in total. The fraction of sp³-hybridized carbons (Fsp3) is 0.278. The normalized spacial score (nSPS) is 11.5. The third-order valence-corrected chi connectivity index (χ3v) is 4.31. The maximum atomic E-state index is 12.3. The van der Waals surface area contributed by atoms with Gasteiger partial charge in [-0.25, -0.2) is 8.42 Å². The fourth-order valence-corrected chi connectivity index (χ4v) is 3.03. The molecule has 2 aromatic rings. The Morgan fingerprint density at radius 1 is 1.09 bits per heavy atom. The minimum Gasteiger partial charge on any atom is -0.322 e. The van der Waals surface area contributed by atoms with Crippen LogP contribution in [0.2, 0.25) is 0 Å². The first-order valence-corrected chi connectivity index (χ1v) is 9.48. The van der Waals surface area contributed by atoms with E-state index in [9.17, 15) is 13.2 Å². The summed E-state index contributed by atoms with van der Waals surface area (Å²) in [4.78, 5) is 12.3. The van der Waals surface area contributed by atoms with Gasteiger partial charge in [-0.2, -0.15) is 0 Å². The van der Waals surface area contributed by atoms with Crippen molar-refractivity contribution >= 4 is 21.4 Å². The van der Waals surface area contributed by atoms with Crippen LogP contribution in [0.4, 0.5) is 5.69 Å². The molecule has 0 fully saturated rings. The number of hydrogen-bond donors (Lipinski definition) is 1. The molecule has 0 spiro atoms. The van der Waals surface area contributed by atoms with Crippen molar-refractivity contribution in [1.29, 1.82) is 0 Å². The highest BCUT2D eigenvalue weighted by atomic mass is 32.2. The molecule has 122 valence electrons. The van der Waals surface area contributed by atoms with Gasteiger partial charge in [0.05, 0.1) is 5.75 Å². The molecule has 0 aliphatic heterocycles. The number of rotatable bonds is 5. The van der Waals surface area contributed by atoms with Crippen LogP contribution in [0.25, 0.3) is 0 Å². The SMILES string of the molecule is CC(C)c1cccc(NC(=O)c2ccc(CS(C)(=O)=O)cc2)c1. The van der Waals surface area contributed by atoms with Crippen molar-refractivity contribution in [2.75, 3.05) is 11.6 Å². The van der Waals surface area contributed by atoms with Crippen LogP contribution < -0.4 is 5.32 Å². The van der Waals surface area contributed by atoms with Crippen LogP contribution in [-0.4, -0.2) is 20.6 Å². The lowest BCUT2D eigenvalue weighted by Crippen LogP contribution is -2.12. The standard InChI is InChI=1S/C18H21NO3S/c1-13(2)16-5-4-6-17(11-16)19-18(20)15-9-7-14(8-10-15)12-23(3,21)22/h4-11,13H,12H2,1-3H3,(H,19,20). The molecule has 0 aromatic heterocycles. The van der Waals surface area contributed by atoms with Crippen molar-refractivity contribution in [3.8, 4) is 0 Å². The molecule has 0 aliphatic rings. The lowest BCUT2D eigenvalue weighted by Gasteiger charge is -2.10. The fourth-order valence-electron chi connectivity index (χ4n) is 2.23. The summed E-state index contributed by atoms with van der Waals surface area (Å²) in [5.41, 5.74) is 3.08. The number of carbonyl (C=O) groups is 1. The van der Waals surface area contributed by atoms with Crippen molar-refractivity contribution in [2.45, 2.75) is 25.5 Å². The number of amides is 1. The molecule has 5 heteroatoms. The number of carbonyl (C=O) groups excluding carboxylic acids is 1. The predicted octanol–water partition coefficient (Wildman–Crippen LogP) is 3.61. The largest absolute Gasteiger partial charge is 0.322 e. The molecular weight excluding hydrogens is 310 g/mol. The molecule has 0 bridgehead atoms. The molecule has 23 heavy (non-hydrogen) atoms. The Morgan fingerprint density at radius 3 is 2.30 bits per heavy atom. The maximum Gasteiger partial charge on any atom is 0.255 e. The van der Waals surface area contributed by atoms with Crippen molar-refractivity contribution in [3.63, 3.8) is 0 Å². The molecular formula is C18H21NO3S. The third kappa shape index (κ3) is 5.21. The lowest BCUT2D eigenvalue weighted by molar-refractivity contribution is 0.102. The van der Waals surface area contributed by atoms with Gasteiger partial charge < -0.3 is 5.32 Å². The van der Waals surface area contributed by atoms with Gasteiger partial charge in [0.1, 0.15) is 0 Å². The van der Waals surface area contributed by atoms with Crippen molar-refractivity contribution in [2.24, 2.45) is 0 Å². The van der Waals surface area contributed by atoms with Gasteiger partial charge in [-0.3, -0.25) is 4.79 Å². The van der Waals surface area contributed by atoms with E-state index in [2.05, 4.69) is 19.2 Å². The van der Waals surface area contributed by atoms with Crippen molar-refractivity contribution < 1.29 is 13.2 Å². The Bertz CT molecular complexity index is 793. The van der Waals surface area contributed by atoms with E-state index in [1.54, 1.807) is 24.3 Å². The van der Waals surface area contributed by atoms with E-state index in [1.165, 1.54) is 6.26 Å². The van der Waals surface area contributed by atoms with Crippen LogP contribution in [0.15, 0.2) is 48.5 Å². The zero-order valence-corrected chi connectivity index (χ0v) is 14.4. The Kier molecular flexibility index (Phi) is 5.21. The van der Waals surface area contributed by atoms with E-state index in [0.717, 1.165) is 11.3 Å². The highest BCUT2D eigenvalue weighted by Crippen LogP contribution is 2.19. The van der Waals surface area contributed by atoms with E-state index in [4.69, 9.17) is 0 Å². The summed E-state index contributed by atoms with van der Waals surface area (Å²) in [5.74, 6) is 0.157. The molecule has 0 radical (unpaired) electrons. The first-order chi connectivity index (χ1) is 10.7. The summed E-state index contributed by atoms with van der Waals surface area (Å²) < 4.78 is 22.5. The number of sulfone groups is 1. The van der Waals surface area contributed by atoms with Gasteiger partial charge in [0, 0.05) is 17.5 Å². The van der Waals surface area contributed by atoms with Gasteiger partial charge in [0.15, 0.2) is 9.84 Å². The predicted molar refractivity (Wildman–Crippen MR) is 93.5 cm³/mol. The number of nitrogens with one attached hydrogen (secondary N) is 1. The van der Waals surface area contributed by atoms with E-state index in [0.29, 0.717) is 17.0 Å². The Hall–Kier alpha value is -2.14. The number of hydrogen-bond acceptors (Lipinski definition) is 3. The first kappa shape index (κ1) is 17.2. The van der Waals surface area contributed by atoms with E-state index in [1.807, 2.05) is 24.3 Å². The summed E-state index contributed by atoms with van der Waals surface area (Å²) >= 11 is 0. The molecule has 0 saturated carbocycles. The third-order valence-electron chi connectivity index (χ3n) is 3.46. The van der Waals surface area contributed by atoms with Gasteiger partial charge in [-0.05, 0) is 41.3 Å². The average molecular weight is 331 g/mol. The molecule has 1 amide bonds. The van der Waals surface area contributed by atoms with Crippen LogP contribution in [0.5, 0.6) is 0 Å². The van der Waals surface area contributed by atoms with Crippen molar-refractivity contribution in [3.05, 3.63) is 65.2 Å². The zero-order valence-electron chi connectivity index (χ0n) is 13.5. The summed E-state index contributed by atoms with van der Waals surface area (Å²) in [6.07, 6.45) is 1.19. The van der Waals surface area contributed by atoms with Crippen LogP contribution in [0, 0.1) is 0 Å². The molecule has 1 N–H and O–H groups in total. The quantitative estimate of drug-likeness (QED) is 0.910. The van der Waals surface area contributed by atoms with Crippen LogP contribution in [0.3, 0.4) is 0 Å². The van der Waals surface area contributed by atoms with Gasteiger partial charge in [-0.1, -0.05) is 38.1 Å². The minimum absolute atomic E-state index is 0.0225. The highest BCUT2D eigenvalue weighted by Gasteiger charge is 2.09. The van der Waals surface area contributed by atoms with Gasteiger partial charge in [0.2, 0.25) is 0 Å². The number of anilines is 1. The molecule has 0 heterocycles. The van der Waals surface area contributed by atoms with Crippen LogP contribution in [-0.2, 0) is 15.6 Å². The summed E-state index contributed by atoms with van der Waals surface area (Å²) in [6, 6.07) is 14.4. The summed E-state index contributed by atoms with van der Waals surface area (Å²) in [5, 5.41) is 2.86. The van der Waals surface area contributed by atoms with E-state index >= 15 is 0 Å². The second kappa shape index (κ2) is 6.96. The molecule has 0 saturated heterocycles. The Labute approximate surface area is 137 Å². The smallest absolute Gasteiger partial charge is 0.255 e. The molecule has 0 unspecified atom stereocenters. The Morgan fingerprint density at radius 2 is 1.74 bits per heavy atom. The monoisotopic (exact) mass is 331 g/mol. The second-order valence-corrected chi connectivity index (χ2v) is 8.14. The zero-order chi connectivity index (χ0) is 17.0. The molecule has 0 aliphatic carbocycles. The molecule has 2 rings (SSSR count). The minimum atomic E-state index is -3.07. The van der Waals surface area contributed by atoms with Crippen LogP contribution in [0.1, 0.15) is 41.3 Å². The van der Waals surface area contributed by atoms with E-state index < -0.39 is 9.84 Å². The van der Waals surface area contributed by atoms with Gasteiger partial charge in [-0.15, -0.1) is 0 Å². The molecule has 0 atom stereocenters. The maximum absolute atomic E-state index is 12.3. The summed E-state index contributed by atoms with van der Waals surface area (Å²) in [6.45, 7) is 4.20. The summed E-state index contributed by atoms with van der Waals surface area (Å²) in [7, 11) is -3.07. The first-order valence-electron chi connectivity index (χ1n) is 7.42. The van der Waals surface area contributed by atoms with Gasteiger partial charge >= 0.3 is 0 Å². The average Bonchev–Trinajstić information content (AvgIpc) is 2.46. The second-order valence-electron chi connectivity index (χ2n) is 6.00. The lowest BCUT2D eigenvalue weighted by atomic mass is 10.0. The highest BCUT2D eigenvalue weighted by molar-refractivity contribution is 7.89. The van der Waals surface area contributed by atoms with Crippen molar-refractivity contribution in [1.82, 2.24) is 0 Å². The number of benzene rings is 2. The van der Waals surface area contributed by atoms with Crippen LogP contribution >= 0.6 is 0 Å². The Balaban J connectivity index is 2.10. The van der Waals surface area contributed by atoms with Gasteiger partial charge in [0.25, 0.3) is 5.91 Å². The molecule has 2 aromatic carbocycles. The topological polar surface area (TPSA) is 63.2 Å². The van der Waals surface area contributed by atoms with E-state index in [-0.39, 0.29) is 11.7 Å².